The van der Waals surface area contributed by atoms with Gasteiger partial charge in [0.15, 0.2) is 0 Å². The summed E-state index contributed by atoms with van der Waals surface area (Å²) in [5.74, 6) is 0. The Morgan fingerprint density at radius 2 is 2.38 bits per heavy atom. The molecule has 0 heterocycles. The molecule has 0 unspecified atom stereocenters. The average molecular weight is 113 g/mol. The van der Waals surface area contributed by atoms with Crippen LogP contribution < -0.4 is 5.32 Å². The van der Waals surface area contributed by atoms with Crippen LogP contribution in [0.5, 0.6) is 0 Å². The fourth-order valence-corrected chi connectivity index (χ4v) is 0.392. The lowest BCUT2D eigenvalue weighted by Crippen LogP contribution is -2.10. The van der Waals surface area contributed by atoms with E-state index in [1.807, 2.05) is 19.1 Å². The van der Waals surface area contributed by atoms with Crippen LogP contribution in [0.25, 0.3) is 0 Å². The van der Waals surface area contributed by atoms with Gasteiger partial charge in [-0.2, -0.15) is 0 Å². The van der Waals surface area contributed by atoms with E-state index in [1.54, 1.807) is 0 Å². The van der Waals surface area contributed by atoms with Crippen LogP contribution in [-0.4, -0.2) is 13.0 Å². The van der Waals surface area contributed by atoms with Gasteiger partial charge in [0, 0.05) is 6.54 Å². The Kier molecular flexibility index (Phi) is 5.60. The molecule has 0 aliphatic carbocycles. The van der Waals surface area contributed by atoms with E-state index in [-0.39, 0.29) is 0 Å². The molecular formula is C6H11NO. The van der Waals surface area contributed by atoms with E-state index in [4.69, 9.17) is 0 Å². The molecule has 0 aromatic carbocycles. The molecule has 0 saturated heterocycles. The van der Waals surface area contributed by atoms with Crippen LogP contribution in [0.3, 0.4) is 0 Å². The zero-order valence-electron chi connectivity index (χ0n) is 5.05. The Morgan fingerprint density at radius 1 is 1.62 bits per heavy atom. The molecule has 2 nitrogen and oxygen atoms in total. The van der Waals surface area contributed by atoms with Gasteiger partial charge in [-0.05, 0) is 13.3 Å². The monoisotopic (exact) mass is 113 g/mol. The SMILES string of the molecule is C/C=C\CCNC=O. The van der Waals surface area contributed by atoms with Crippen molar-refractivity contribution in [2.75, 3.05) is 6.54 Å². The minimum Gasteiger partial charge on any atom is -0.358 e. The van der Waals surface area contributed by atoms with Gasteiger partial charge in [-0.3, -0.25) is 4.79 Å². The third-order valence-electron chi connectivity index (χ3n) is 0.774. The molecule has 0 atom stereocenters. The maximum absolute atomic E-state index is 9.63. The number of amides is 1. The molecule has 0 bridgehead atoms. The zero-order chi connectivity index (χ0) is 6.24. The summed E-state index contributed by atoms with van der Waals surface area (Å²) in [6, 6.07) is 0. The highest BCUT2D eigenvalue weighted by Crippen LogP contribution is 1.76. The van der Waals surface area contributed by atoms with Crippen LogP contribution in [0.15, 0.2) is 12.2 Å². The molecule has 0 rings (SSSR count). The average Bonchev–Trinajstić information content (AvgIpc) is 1.81. The van der Waals surface area contributed by atoms with Crippen molar-refractivity contribution in [1.29, 1.82) is 0 Å². The standard InChI is InChI=1S/C6H11NO/c1-2-3-4-5-7-6-8/h2-3,6H,4-5H2,1H3,(H,7,8)/b3-2-. The largest absolute Gasteiger partial charge is 0.358 e. The highest BCUT2D eigenvalue weighted by molar-refractivity contribution is 5.45. The van der Waals surface area contributed by atoms with Crippen molar-refractivity contribution in [2.24, 2.45) is 0 Å². The lowest BCUT2D eigenvalue weighted by Gasteiger charge is -1.88. The summed E-state index contributed by atoms with van der Waals surface area (Å²) < 4.78 is 0. The molecule has 2 heteroatoms. The molecule has 0 saturated carbocycles. The van der Waals surface area contributed by atoms with Gasteiger partial charge in [-0.1, -0.05) is 12.2 Å². The molecule has 0 aromatic heterocycles. The Hall–Kier alpha value is -0.790. The third-order valence-corrected chi connectivity index (χ3v) is 0.774. The van der Waals surface area contributed by atoms with E-state index in [0.29, 0.717) is 6.41 Å². The Labute approximate surface area is 49.6 Å². The maximum Gasteiger partial charge on any atom is 0.207 e. The Bertz CT molecular complexity index is 78.6. The summed E-state index contributed by atoms with van der Waals surface area (Å²) in [6.07, 6.45) is 5.61. The normalized spacial score (nSPS) is 9.62. The van der Waals surface area contributed by atoms with E-state index in [1.165, 1.54) is 0 Å². The van der Waals surface area contributed by atoms with Gasteiger partial charge in [-0.25, -0.2) is 0 Å². The van der Waals surface area contributed by atoms with E-state index in [2.05, 4.69) is 5.32 Å². The molecule has 1 N–H and O–H groups in total. The first-order valence-corrected chi connectivity index (χ1v) is 2.70. The molecule has 1 amide bonds. The first-order valence-electron chi connectivity index (χ1n) is 2.70. The lowest BCUT2D eigenvalue weighted by atomic mass is 10.4. The quantitative estimate of drug-likeness (QED) is 0.324. The van der Waals surface area contributed by atoms with Gasteiger partial charge in [0.1, 0.15) is 0 Å². The molecule has 0 aromatic rings. The van der Waals surface area contributed by atoms with Gasteiger partial charge < -0.3 is 5.32 Å². The van der Waals surface area contributed by atoms with Gasteiger partial charge >= 0.3 is 0 Å². The van der Waals surface area contributed by atoms with Gasteiger partial charge in [0.25, 0.3) is 0 Å². The molecule has 0 aliphatic heterocycles. The number of hydrogen-bond acceptors (Lipinski definition) is 1. The number of allylic oxidation sites excluding steroid dienone is 1. The van der Waals surface area contributed by atoms with Crippen molar-refractivity contribution in [1.82, 2.24) is 5.32 Å². The van der Waals surface area contributed by atoms with Gasteiger partial charge in [0.05, 0.1) is 0 Å². The van der Waals surface area contributed by atoms with Crippen molar-refractivity contribution >= 4 is 6.41 Å². The molecular weight excluding hydrogens is 102 g/mol. The summed E-state index contributed by atoms with van der Waals surface area (Å²) in [6.45, 7) is 2.70. The third kappa shape index (κ3) is 5.21. The molecule has 0 radical (unpaired) electrons. The first-order chi connectivity index (χ1) is 3.91. The van der Waals surface area contributed by atoms with Crippen molar-refractivity contribution in [3.8, 4) is 0 Å². The summed E-state index contributed by atoms with van der Waals surface area (Å²) >= 11 is 0. The van der Waals surface area contributed by atoms with Crippen LogP contribution in [0.1, 0.15) is 13.3 Å². The highest BCUT2D eigenvalue weighted by atomic mass is 16.1. The second-order valence-electron chi connectivity index (χ2n) is 1.43. The van der Waals surface area contributed by atoms with E-state index >= 15 is 0 Å². The van der Waals surface area contributed by atoms with Crippen molar-refractivity contribution < 1.29 is 4.79 Å². The minimum absolute atomic E-state index is 0.712. The van der Waals surface area contributed by atoms with Gasteiger partial charge in [0.2, 0.25) is 6.41 Å². The number of rotatable bonds is 4. The molecule has 0 spiro atoms. The van der Waals surface area contributed by atoms with Gasteiger partial charge in [-0.15, -0.1) is 0 Å². The van der Waals surface area contributed by atoms with Crippen LogP contribution in [0.2, 0.25) is 0 Å². The Morgan fingerprint density at radius 3 is 2.88 bits per heavy atom. The van der Waals surface area contributed by atoms with E-state index in [9.17, 15) is 4.79 Å². The summed E-state index contributed by atoms with van der Waals surface area (Å²) in [7, 11) is 0. The fourth-order valence-electron chi connectivity index (χ4n) is 0.392. The van der Waals surface area contributed by atoms with E-state index in [0.717, 1.165) is 13.0 Å². The van der Waals surface area contributed by atoms with Crippen LogP contribution in [-0.2, 0) is 4.79 Å². The topological polar surface area (TPSA) is 29.1 Å². The minimum atomic E-state index is 0.712. The van der Waals surface area contributed by atoms with Crippen molar-refractivity contribution in [2.45, 2.75) is 13.3 Å². The smallest absolute Gasteiger partial charge is 0.207 e. The summed E-state index contributed by atoms with van der Waals surface area (Å²) in [4.78, 5) is 9.63. The Balaban J connectivity index is 2.82. The van der Waals surface area contributed by atoms with Crippen LogP contribution in [0, 0.1) is 0 Å². The van der Waals surface area contributed by atoms with Crippen molar-refractivity contribution in [3.63, 3.8) is 0 Å². The lowest BCUT2D eigenvalue weighted by molar-refractivity contribution is -0.109. The van der Waals surface area contributed by atoms with Crippen LogP contribution >= 0.6 is 0 Å². The summed E-state index contributed by atoms with van der Waals surface area (Å²) in [5.41, 5.74) is 0. The number of nitrogens with one attached hydrogen (secondary N) is 1. The van der Waals surface area contributed by atoms with Crippen LogP contribution in [0.4, 0.5) is 0 Å². The number of carbonyl (C=O) groups is 1. The second kappa shape index (κ2) is 6.21. The highest BCUT2D eigenvalue weighted by Gasteiger charge is 1.74. The predicted molar refractivity (Wildman–Crippen MR) is 33.5 cm³/mol. The maximum atomic E-state index is 9.63. The van der Waals surface area contributed by atoms with E-state index < -0.39 is 0 Å². The predicted octanol–water partition coefficient (Wildman–Crippen LogP) is 0.699. The zero-order valence-corrected chi connectivity index (χ0v) is 5.05. The first kappa shape index (κ1) is 7.21. The second-order valence-corrected chi connectivity index (χ2v) is 1.43. The number of hydrogen-bond donors (Lipinski definition) is 1. The fraction of sp³-hybridized carbons (Fsp3) is 0.500. The van der Waals surface area contributed by atoms with Crippen molar-refractivity contribution in [3.05, 3.63) is 12.2 Å². The number of carbonyl (C=O) groups excluding carboxylic acids is 1. The molecule has 0 aliphatic rings. The molecule has 46 valence electrons. The molecule has 0 fully saturated rings. The molecule has 8 heavy (non-hydrogen) atoms. The summed E-state index contributed by atoms with van der Waals surface area (Å²) in [5, 5.41) is 2.55.